The molecule has 0 aromatic rings. The molecule has 1 aliphatic heterocycles. The Morgan fingerprint density at radius 3 is 2.67 bits per heavy atom. The van der Waals surface area contributed by atoms with Gasteiger partial charge in [0.2, 0.25) is 11.8 Å². The predicted octanol–water partition coefficient (Wildman–Crippen LogP) is -0.811. The van der Waals surface area contributed by atoms with Gasteiger partial charge in [0.05, 0.1) is 12.6 Å². The molecule has 0 saturated carbocycles. The molecule has 5 heteroatoms. The van der Waals surface area contributed by atoms with Crippen LogP contribution in [0.25, 0.3) is 0 Å². The van der Waals surface area contributed by atoms with Crippen LogP contribution in [0.2, 0.25) is 0 Å². The summed E-state index contributed by atoms with van der Waals surface area (Å²) in [7, 11) is 3.22. The molecule has 5 nitrogen and oxygen atoms in total. The maximum atomic E-state index is 11.9. The van der Waals surface area contributed by atoms with Gasteiger partial charge in [-0.1, -0.05) is 6.92 Å². The van der Waals surface area contributed by atoms with Crippen molar-refractivity contribution in [3.8, 4) is 0 Å². The summed E-state index contributed by atoms with van der Waals surface area (Å²) in [6.07, 6.45) is 1.02. The van der Waals surface area contributed by atoms with E-state index in [1.165, 1.54) is 4.90 Å². The lowest BCUT2D eigenvalue weighted by atomic mass is 10.0. The highest BCUT2D eigenvalue weighted by molar-refractivity contribution is 5.87. The zero-order chi connectivity index (χ0) is 11.4. The number of nitrogens with zero attached hydrogens (tertiary/aromatic N) is 1. The van der Waals surface area contributed by atoms with E-state index in [0.29, 0.717) is 5.92 Å². The molecule has 2 amide bonds. The Hall–Kier alpha value is -1.10. The van der Waals surface area contributed by atoms with E-state index in [1.807, 2.05) is 0 Å². The number of carbonyl (C=O) groups is 2. The highest BCUT2D eigenvalue weighted by Crippen LogP contribution is 2.15. The lowest BCUT2D eigenvalue weighted by Gasteiger charge is -2.22. The summed E-state index contributed by atoms with van der Waals surface area (Å²) in [5.74, 6) is 0.213. The highest BCUT2D eigenvalue weighted by atomic mass is 16.2. The lowest BCUT2D eigenvalue weighted by Crippen LogP contribution is -2.47. The van der Waals surface area contributed by atoms with Gasteiger partial charge in [-0.3, -0.25) is 9.59 Å². The maximum absolute atomic E-state index is 11.9. The van der Waals surface area contributed by atoms with Crippen molar-refractivity contribution in [1.82, 2.24) is 15.5 Å². The minimum absolute atomic E-state index is 0.00333. The number of rotatable bonds is 3. The molecule has 0 aromatic carbocycles. The third kappa shape index (κ3) is 2.92. The third-order valence-corrected chi connectivity index (χ3v) is 2.83. The van der Waals surface area contributed by atoms with Crippen LogP contribution < -0.4 is 10.6 Å². The minimum atomic E-state index is -0.142. The van der Waals surface area contributed by atoms with Crippen LogP contribution in [0.15, 0.2) is 0 Å². The third-order valence-electron chi connectivity index (χ3n) is 2.83. The van der Waals surface area contributed by atoms with Crippen LogP contribution in [-0.2, 0) is 9.59 Å². The Kier molecular flexibility index (Phi) is 4.08. The number of amides is 2. The summed E-state index contributed by atoms with van der Waals surface area (Å²) in [5.41, 5.74) is 0. The molecule has 15 heavy (non-hydrogen) atoms. The van der Waals surface area contributed by atoms with Gasteiger partial charge in [-0.15, -0.1) is 0 Å². The van der Waals surface area contributed by atoms with Crippen molar-refractivity contribution in [1.29, 1.82) is 0 Å². The first-order chi connectivity index (χ1) is 7.06. The SMILES string of the molecule is CNC(=O)CN(C)C(=O)C1NCCC1C. The van der Waals surface area contributed by atoms with Crippen LogP contribution in [-0.4, -0.2) is 49.9 Å². The smallest absolute Gasteiger partial charge is 0.240 e. The normalized spacial score (nSPS) is 25.0. The fraction of sp³-hybridized carbons (Fsp3) is 0.800. The Balaban J connectivity index is 2.48. The van der Waals surface area contributed by atoms with Gasteiger partial charge in [-0.05, 0) is 18.9 Å². The van der Waals surface area contributed by atoms with Crippen molar-refractivity contribution in [3.63, 3.8) is 0 Å². The first kappa shape index (κ1) is 12.0. The van der Waals surface area contributed by atoms with Crippen LogP contribution in [0.5, 0.6) is 0 Å². The molecular formula is C10H19N3O2. The van der Waals surface area contributed by atoms with Crippen LogP contribution >= 0.6 is 0 Å². The van der Waals surface area contributed by atoms with Crippen molar-refractivity contribution < 1.29 is 9.59 Å². The molecule has 0 aromatic heterocycles. The van der Waals surface area contributed by atoms with Crippen molar-refractivity contribution in [3.05, 3.63) is 0 Å². The summed E-state index contributed by atoms with van der Waals surface area (Å²) in [6.45, 7) is 3.06. The van der Waals surface area contributed by atoms with Gasteiger partial charge in [0.15, 0.2) is 0 Å². The monoisotopic (exact) mass is 213 g/mol. The van der Waals surface area contributed by atoms with Gasteiger partial charge in [0.25, 0.3) is 0 Å². The zero-order valence-electron chi connectivity index (χ0n) is 9.54. The summed E-state index contributed by atoms with van der Waals surface area (Å²) in [6, 6.07) is -0.125. The molecular weight excluding hydrogens is 194 g/mol. The molecule has 0 radical (unpaired) electrons. The largest absolute Gasteiger partial charge is 0.358 e. The van der Waals surface area contributed by atoms with E-state index < -0.39 is 0 Å². The summed E-state index contributed by atoms with van der Waals surface area (Å²) in [5, 5.41) is 5.65. The molecule has 1 fully saturated rings. The summed E-state index contributed by atoms with van der Waals surface area (Å²) >= 11 is 0. The quantitative estimate of drug-likeness (QED) is 0.644. The van der Waals surface area contributed by atoms with Crippen LogP contribution in [0.1, 0.15) is 13.3 Å². The van der Waals surface area contributed by atoms with Gasteiger partial charge >= 0.3 is 0 Å². The van der Waals surface area contributed by atoms with Crippen LogP contribution in [0, 0.1) is 5.92 Å². The molecule has 0 aliphatic carbocycles. The second-order valence-corrected chi connectivity index (χ2v) is 4.07. The molecule has 0 bridgehead atoms. The molecule has 1 heterocycles. The molecule has 2 unspecified atom stereocenters. The topological polar surface area (TPSA) is 61.4 Å². The first-order valence-corrected chi connectivity index (χ1v) is 5.25. The molecule has 86 valence electrons. The number of nitrogens with one attached hydrogen (secondary N) is 2. The van der Waals surface area contributed by atoms with E-state index >= 15 is 0 Å². The van der Waals surface area contributed by atoms with E-state index in [-0.39, 0.29) is 24.4 Å². The average molecular weight is 213 g/mol. The average Bonchev–Trinajstić information content (AvgIpc) is 2.63. The Labute approximate surface area is 90.2 Å². The van der Waals surface area contributed by atoms with E-state index in [1.54, 1.807) is 14.1 Å². The van der Waals surface area contributed by atoms with Gasteiger partial charge in [-0.25, -0.2) is 0 Å². The summed E-state index contributed by atoms with van der Waals surface area (Å²) < 4.78 is 0. The van der Waals surface area contributed by atoms with Crippen molar-refractivity contribution in [2.75, 3.05) is 27.2 Å². The van der Waals surface area contributed by atoms with E-state index in [9.17, 15) is 9.59 Å². The van der Waals surface area contributed by atoms with E-state index in [0.717, 1.165) is 13.0 Å². The van der Waals surface area contributed by atoms with E-state index in [4.69, 9.17) is 0 Å². The second kappa shape index (κ2) is 5.11. The van der Waals surface area contributed by atoms with Gasteiger partial charge < -0.3 is 15.5 Å². The second-order valence-electron chi connectivity index (χ2n) is 4.07. The molecule has 2 N–H and O–H groups in total. The van der Waals surface area contributed by atoms with Gasteiger partial charge in [-0.2, -0.15) is 0 Å². The van der Waals surface area contributed by atoms with Gasteiger partial charge in [0, 0.05) is 14.1 Å². The van der Waals surface area contributed by atoms with Crippen molar-refractivity contribution in [2.45, 2.75) is 19.4 Å². The Bertz CT molecular complexity index is 255. The molecule has 1 rings (SSSR count). The number of hydrogen-bond donors (Lipinski definition) is 2. The Morgan fingerprint density at radius 2 is 2.20 bits per heavy atom. The minimum Gasteiger partial charge on any atom is -0.358 e. The summed E-state index contributed by atoms with van der Waals surface area (Å²) in [4.78, 5) is 24.5. The van der Waals surface area contributed by atoms with Crippen molar-refractivity contribution in [2.24, 2.45) is 5.92 Å². The Morgan fingerprint density at radius 1 is 1.53 bits per heavy atom. The fourth-order valence-electron chi connectivity index (χ4n) is 1.77. The lowest BCUT2D eigenvalue weighted by molar-refractivity contribution is -0.136. The first-order valence-electron chi connectivity index (χ1n) is 5.25. The zero-order valence-corrected chi connectivity index (χ0v) is 9.54. The van der Waals surface area contributed by atoms with Crippen LogP contribution in [0.4, 0.5) is 0 Å². The predicted molar refractivity (Wildman–Crippen MR) is 57.3 cm³/mol. The molecule has 1 saturated heterocycles. The number of carbonyl (C=O) groups excluding carboxylic acids is 2. The van der Waals surface area contributed by atoms with Crippen LogP contribution in [0.3, 0.4) is 0 Å². The number of likely N-dealkylation sites (N-methyl/N-ethyl adjacent to an activating group) is 2. The molecule has 2 atom stereocenters. The van der Waals surface area contributed by atoms with Gasteiger partial charge in [0.1, 0.15) is 0 Å². The van der Waals surface area contributed by atoms with E-state index in [2.05, 4.69) is 17.6 Å². The highest BCUT2D eigenvalue weighted by Gasteiger charge is 2.31. The molecule has 0 spiro atoms. The standard InChI is InChI=1S/C10H19N3O2/c1-7-4-5-12-9(7)10(15)13(3)6-8(14)11-2/h7,9,12H,4-6H2,1-3H3,(H,11,14). The van der Waals surface area contributed by atoms with Crippen molar-refractivity contribution >= 4 is 11.8 Å². The fourth-order valence-corrected chi connectivity index (χ4v) is 1.77. The maximum Gasteiger partial charge on any atom is 0.240 e. The molecule has 1 aliphatic rings. The number of hydrogen-bond acceptors (Lipinski definition) is 3.